The van der Waals surface area contributed by atoms with Crippen LogP contribution in [0.5, 0.6) is 0 Å². The summed E-state index contributed by atoms with van der Waals surface area (Å²) in [6, 6.07) is 8.43. The smallest absolute Gasteiger partial charge is 0.333 e. The van der Waals surface area contributed by atoms with Gasteiger partial charge in [-0.2, -0.15) is 0 Å². The Morgan fingerprint density at radius 3 is 2.65 bits per heavy atom. The molecule has 1 aromatic carbocycles. The molecule has 0 saturated heterocycles. The molecule has 2 nitrogen and oxygen atoms in total. The zero-order valence-corrected chi connectivity index (χ0v) is 12.2. The number of rotatable bonds is 2. The van der Waals surface area contributed by atoms with Crippen LogP contribution in [0.4, 0.5) is 0 Å². The normalized spacial score (nSPS) is 23.4. The Morgan fingerprint density at radius 2 is 1.95 bits per heavy atom. The summed E-state index contributed by atoms with van der Waals surface area (Å²) in [5, 5.41) is 0. The summed E-state index contributed by atoms with van der Waals surface area (Å²) < 4.78 is 5.85. The number of carbonyl (C=O) groups is 1. The Kier molecular flexibility index (Phi) is 3.41. The molecule has 1 unspecified atom stereocenters. The minimum Gasteiger partial charge on any atom is -0.454 e. The Balaban J connectivity index is 1.95. The van der Waals surface area contributed by atoms with Crippen LogP contribution >= 0.6 is 0 Å². The average molecular weight is 270 g/mol. The van der Waals surface area contributed by atoms with Crippen molar-refractivity contribution >= 4 is 5.97 Å². The van der Waals surface area contributed by atoms with Crippen LogP contribution in [0.1, 0.15) is 56.3 Å². The Labute approximate surface area is 120 Å². The van der Waals surface area contributed by atoms with Gasteiger partial charge < -0.3 is 4.74 Å². The van der Waals surface area contributed by atoms with E-state index >= 15 is 0 Å². The minimum atomic E-state index is -0.253. The summed E-state index contributed by atoms with van der Waals surface area (Å²) in [5.41, 5.74) is 3.19. The topological polar surface area (TPSA) is 26.3 Å². The predicted octanol–water partition coefficient (Wildman–Crippen LogP) is 4.35. The lowest BCUT2D eigenvalue weighted by Gasteiger charge is -2.38. The molecule has 0 amide bonds. The maximum Gasteiger partial charge on any atom is 0.333 e. The zero-order chi connectivity index (χ0) is 14.2. The van der Waals surface area contributed by atoms with Crippen LogP contribution in [0.3, 0.4) is 0 Å². The van der Waals surface area contributed by atoms with Crippen molar-refractivity contribution in [3.05, 3.63) is 47.5 Å². The van der Waals surface area contributed by atoms with Crippen LogP contribution in [-0.4, -0.2) is 5.97 Å². The third-order valence-corrected chi connectivity index (χ3v) is 4.86. The molecule has 2 heteroatoms. The van der Waals surface area contributed by atoms with Crippen molar-refractivity contribution < 1.29 is 9.53 Å². The van der Waals surface area contributed by atoms with Crippen molar-refractivity contribution in [1.82, 2.24) is 0 Å². The molecule has 106 valence electrons. The molecule has 0 aromatic heterocycles. The Hall–Kier alpha value is -1.57. The summed E-state index contributed by atoms with van der Waals surface area (Å²) in [4.78, 5) is 12.0. The van der Waals surface area contributed by atoms with Crippen LogP contribution in [0.15, 0.2) is 36.4 Å². The van der Waals surface area contributed by atoms with Gasteiger partial charge in [0, 0.05) is 11.0 Å². The Morgan fingerprint density at radius 1 is 1.25 bits per heavy atom. The number of esters is 1. The van der Waals surface area contributed by atoms with E-state index in [9.17, 15) is 4.79 Å². The number of hydrogen-bond acceptors (Lipinski definition) is 2. The SMILES string of the molecule is C=C(C)C(=O)OC1c2ccccc2CC12CCCCC2. The third-order valence-electron chi connectivity index (χ3n) is 4.86. The first-order valence-electron chi connectivity index (χ1n) is 7.57. The van der Waals surface area contributed by atoms with Gasteiger partial charge in [0.2, 0.25) is 0 Å². The van der Waals surface area contributed by atoms with E-state index in [0.717, 1.165) is 19.3 Å². The summed E-state index contributed by atoms with van der Waals surface area (Å²) in [7, 11) is 0. The van der Waals surface area contributed by atoms with E-state index in [-0.39, 0.29) is 17.5 Å². The van der Waals surface area contributed by atoms with Crippen LogP contribution < -0.4 is 0 Å². The van der Waals surface area contributed by atoms with E-state index in [4.69, 9.17) is 4.74 Å². The van der Waals surface area contributed by atoms with E-state index in [0.29, 0.717) is 5.57 Å². The largest absolute Gasteiger partial charge is 0.454 e. The van der Waals surface area contributed by atoms with Gasteiger partial charge in [-0.25, -0.2) is 4.79 Å². The number of hydrogen-bond donors (Lipinski definition) is 0. The zero-order valence-electron chi connectivity index (χ0n) is 12.2. The summed E-state index contributed by atoms with van der Waals surface area (Å²) in [6.45, 7) is 5.43. The molecule has 1 fully saturated rings. The number of fused-ring (bicyclic) bond motifs is 1. The molecule has 0 radical (unpaired) electrons. The van der Waals surface area contributed by atoms with Gasteiger partial charge in [0.25, 0.3) is 0 Å². The molecule has 20 heavy (non-hydrogen) atoms. The number of carbonyl (C=O) groups excluding carboxylic acids is 1. The first-order chi connectivity index (χ1) is 9.62. The minimum absolute atomic E-state index is 0.0804. The molecule has 2 aliphatic rings. The van der Waals surface area contributed by atoms with Crippen molar-refractivity contribution in [3.63, 3.8) is 0 Å². The van der Waals surface area contributed by atoms with Crippen LogP contribution in [0, 0.1) is 5.41 Å². The molecule has 2 aliphatic carbocycles. The first-order valence-corrected chi connectivity index (χ1v) is 7.57. The van der Waals surface area contributed by atoms with Crippen molar-refractivity contribution in [2.75, 3.05) is 0 Å². The molecule has 0 bridgehead atoms. The number of benzene rings is 1. The van der Waals surface area contributed by atoms with Crippen molar-refractivity contribution in [2.24, 2.45) is 5.41 Å². The molecular weight excluding hydrogens is 248 g/mol. The molecule has 0 heterocycles. The lowest BCUT2D eigenvalue weighted by Crippen LogP contribution is -2.31. The third kappa shape index (κ3) is 2.17. The van der Waals surface area contributed by atoms with Crippen molar-refractivity contribution in [3.8, 4) is 0 Å². The summed E-state index contributed by atoms with van der Waals surface area (Å²) in [5.74, 6) is -0.253. The second-order valence-corrected chi connectivity index (χ2v) is 6.36. The lowest BCUT2D eigenvalue weighted by molar-refractivity contribution is -0.153. The number of ether oxygens (including phenoxy) is 1. The van der Waals surface area contributed by atoms with Gasteiger partial charge in [-0.15, -0.1) is 0 Å². The fourth-order valence-electron chi connectivity index (χ4n) is 3.84. The highest BCUT2D eigenvalue weighted by Crippen LogP contribution is 2.55. The second kappa shape index (κ2) is 5.08. The maximum atomic E-state index is 12.0. The van der Waals surface area contributed by atoms with Gasteiger partial charge in [-0.05, 0) is 37.3 Å². The van der Waals surface area contributed by atoms with E-state index in [1.807, 2.05) is 6.07 Å². The van der Waals surface area contributed by atoms with E-state index < -0.39 is 0 Å². The van der Waals surface area contributed by atoms with Crippen LogP contribution in [0.2, 0.25) is 0 Å². The summed E-state index contributed by atoms with van der Waals surface area (Å²) in [6.07, 6.45) is 7.09. The van der Waals surface area contributed by atoms with Gasteiger partial charge in [-0.1, -0.05) is 50.1 Å². The molecule has 1 saturated carbocycles. The fourth-order valence-corrected chi connectivity index (χ4v) is 3.84. The molecular formula is C18H22O2. The summed E-state index contributed by atoms with van der Waals surface area (Å²) >= 11 is 0. The molecule has 1 aromatic rings. The highest BCUT2D eigenvalue weighted by Gasteiger charge is 2.48. The highest BCUT2D eigenvalue weighted by atomic mass is 16.5. The van der Waals surface area contributed by atoms with E-state index in [1.165, 1.54) is 30.4 Å². The maximum absolute atomic E-state index is 12.0. The Bertz CT molecular complexity index is 538. The first kappa shape index (κ1) is 13.4. The lowest BCUT2D eigenvalue weighted by atomic mass is 9.70. The monoisotopic (exact) mass is 270 g/mol. The van der Waals surface area contributed by atoms with E-state index in [2.05, 4.69) is 24.8 Å². The van der Waals surface area contributed by atoms with Gasteiger partial charge in [0.1, 0.15) is 6.10 Å². The van der Waals surface area contributed by atoms with Crippen molar-refractivity contribution in [1.29, 1.82) is 0 Å². The molecule has 3 rings (SSSR count). The van der Waals surface area contributed by atoms with Gasteiger partial charge in [-0.3, -0.25) is 0 Å². The molecule has 1 atom stereocenters. The highest BCUT2D eigenvalue weighted by molar-refractivity contribution is 5.87. The average Bonchev–Trinajstić information content (AvgIpc) is 2.73. The van der Waals surface area contributed by atoms with Crippen molar-refractivity contribution in [2.45, 2.75) is 51.6 Å². The van der Waals surface area contributed by atoms with Crippen LogP contribution in [0.25, 0.3) is 0 Å². The quantitative estimate of drug-likeness (QED) is 0.590. The van der Waals surface area contributed by atoms with E-state index in [1.54, 1.807) is 6.92 Å². The standard InChI is InChI=1S/C18H22O2/c1-13(2)17(19)20-16-15-9-5-4-8-14(15)12-18(16)10-6-3-7-11-18/h4-5,8-9,16H,1,3,6-7,10-12H2,2H3. The van der Waals surface area contributed by atoms with Gasteiger partial charge >= 0.3 is 5.97 Å². The predicted molar refractivity (Wildman–Crippen MR) is 79.3 cm³/mol. The van der Waals surface area contributed by atoms with Crippen LogP contribution in [-0.2, 0) is 16.0 Å². The van der Waals surface area contributed by atoms with Gasteiger partial charge in [0.15, 0.2) is 0 Å². The molecule has 1 spiro atoms. The fraction of sp³-hybridized carbons (Fsp3) is 0.500. The molecule has 0 N–H and O–H groups in total. The second-order valence-electron chi connectivity index (χ2n) is 6.36. The van der Waals surface area contributed by atoms with Gasteiger partial charge in [0.05, 0.1) is 0 Å². The molecule has 0 aliphatic heterocycles.